The fourth-order valence-electron chi connectivity index (χ4n) is 3.85. The molecule has 0 spiro atoms. The van der Waals surface area contributed by atoms with E-state index < -0.39 is 5.82 Å². The second-order valence-electron chi connectivity index (χ2n) is 8.18. The van der Waals surface area contributed by atoms with E-state index in [1.807, 2.05) is 42.5 Å². The van der Waals surface area contributed by atoms with Crippen LogP contribution in [0.1, 0.15) is 35.7 Å². The predicted octanol–water partition coefficient (Wildman–Crippen LogP) is 7.53. The lowest BCUT2D eigenvalue weighted by atomic mass is 9.98. The first-order chi connectivity index (χ1) is 16.0. The Bertz CT molecular complexity index is 1240. The third-order valence-electron chi connectivity index (χ3n) is 5.71. The lowest BCUT2D eigenvalue weighted by Crippen LogP contribution is -1.99. The standard InChI is InChI=1S/C28H26ClF2NO/c1-2-15-33-24-12-11-23(32-18-24)10-4-19-5-13-25-22(16-19)9-8-21(28(25)31)7-3-20-6-14-26(29)27(30)17-20/h5-6,8-9,11-14,16-18H,2-4,7,10,15H2,1H3. The monoisotopic (exact) mass is 465 g/mol. The van der Waals surface area contributed by atoms with Gasteiger partial charge in [0, 0.05) is 11.1 Å². The van der Waals surface area contributed by atoms with Crippen molar-refractivity contribution >= 4 is 22.4 Å². The molecule has 33 heavy (non-hydrogen) atoms. The smallest absolute Gasteiger partial charge is 0.142 e. The molecular formula is C28H26ClF2NO. The number of pyridine rings is 1. The number of hydrogen-bond acceptors (Lipinski definition) is 2. The number of aromatic nitrogens is 1. The molecule has 0 fully saturated rings. The Labute approximate surface area is 198 Å². The van der Waals surface area contributed by atoms with Crippen LogP contribution in [0.3, 0.4) is 0 Å². The number of benzene rings is 3. The van der Waals surface area contributed by atoms with Gasteiger partial charge >= 0.3 is 0 Å². The first-order valence-corrected chi connectivity index (χ1v) is 11.6. The van der Waals surface area contributed by atoms with E-state index in [0.717, 1.165) is 47.2 Å². The average molecular weight is 466 g/mol. The van der Waals surface area contributed by atoms with E-state index in [9.17, 15) is 4.39 Å². The maximum Gasteiger partial charge on any atom is 0.142 e. The van der Waals surface area contributed by atoms with Crippen molar-refractivity contribution in [1.29, 1.82) is 0 Å². The van der Waals surface area contributed by atoms with E-state index in [1.165, 1.54) is 12.1 Å². The van der Waals surface area contributed by atoms with E-state index in [2.05, 4.69) is 11.9 Å². The van der Waals surface area contributed by atoms with E-state index in [4.69, 9.17) is 16.3 Å². The van der Waals surface area contributed by atoms with Crippen molar-refractivity contribution in [3.8, 4) is 5.75 Å². The summed E-state index contributed by atoms with van der Waals surface area (Å²) in [5.41, 5.74) is 3.56. The molecule has 3 aromatic carbocycles. The zero-order valence-corrected chi connectivity index (χ0v) is 19.3. The largest absolute Gasteiger partial charge is 0.492 e. The summed E-state index contributed by atoms with van der Waals surface area (Å²) >= 11 is 5.74. The van der Waals surface area contributed by atoms with Gasteiger partial charge in [-0.05, 0) is 78.4 Å². The Hall–Kier alpha value is -2.98. The molecule has 0 unspecified atom stereocenters. The highest BCUT2D eigenvalue weighted by molar-refractivity contribution is 6.30. The zero-order chi connectivity index (χ0) is 23.2. The highest BCUT2D eigenvalue weighted by Gasteiger charge is 2.10. The molecule has 4 rings (SSSR count). The van der Waals surface area contributed by atoms with Gasteiger partial charge in [-0.1, -0.05) is 54.9 Å². The van der Waals surface area contributed by atoms with Crippen molar-refractivity contribution in [3.63, 3.8) is 0 Å². The Morgan fingerprint density at radius 3 is 2.39 bits per heavy atom. The molecule has 2 nitrogen and oxygen atoms in total. The molecule has 0 amide bonds. The predicted molar refractivity (Wildman–Crippen MR) is 130 cm³/mol. The summed E-state index contributed by atoms with van der Waals surface area (Å²) < 4.78 is 34.3. The fraction of sp³-hybridized carbons (Fsp3) is 0.250. The minimum Gasteiger partial charge on any atom is -0.492 e. The van der Waals surface area contributed by atoms with Gasteiger partial charge in [-0.2, -0.15) is 0 Å². The molecular weight excluding hydrogens is 440 g/mol. The number of fused-ring (bicyclic) bond motifs is 1. The molecule has 0 saturated carbocycles. The second kappa shape index (κ2) is 10.8. The van der Waals surface area contributed by atoms with Crippen LogP contribution in [0.2, 0.25) is 5.02 Å². The molecule has 0 N–H and O–H groups in total. The first kappa shape index (κ1) is 23.2. The van der Waals surface area contributed by atoms with Crippen LogP contribution in [0.5, 0.6) is 5.75 Å². The summed E-state index contributed by atoms with van der Waals surface area (Å²) in [6, 6.07) is 18.3. The Morgan fingerprint density at radius 1 is 0.848 bits per heavy atom. The van der Waals surface area contributed by atoms with Crippen molar-refractivity contribution in [1.82, 2.24) is 4.98 Å². The molecule has 0 aliphatic heterocycles. The van der Waals surface area contributed by atoms with Crippen LogP contribution in [0.25, 0.3) is 10.8 Å². The van der Waals surface area contributed by atoms with Crippen LogP contribution >= 0.6 is 11.6 Å². The number of ether oxygens (including phenoxy) is 1. The second-order valence-corrected chi connectivity index (χ2v) is 8.58. The zero-order valence-electron chi connectivity index (χ0n) is 18.6. The molecule has 4 aromatic rings. The van der Waals surface area contributed by atoms with Crippen LogP contribution in [-0.2, 0) is 25.7 Å². The molecule has 1 aromatic heterocycles. The molecule has 1 heterocycles. The third-order valence-corrected chi connectivity index (χ3v) is 6.01. The quantitative estimate of drug-likeness (QED) is 0.255. The highest BCUT2D eigenvalue weighted by atomic mass is 35.5. The van der Waals surface area contributed by atoms with Gasteiger partial charge < -0.3 is 4.74 Å². The van der Waals surface area contributed by atoms with Gasteiger partial charge in [0.1, 0.15) is 17.4 Å². The molecule has 0 radical (unpaired) electrons. The topological polar surface area (TPSA) is 22.1 Å². The number of rotatable bonds is 9. The first-order valence-electron chi connectivity index (χ1n) is 11.2. The van der Waals surface area contributed by atoms with Crippen LogP contribution < -0.4 is 4.74 Å². The summed E-state index contributed by atoms with van der Waals surface area (Å²) in [7, 11) is 0. The van der Waals surface area contributed by atoms with Crippen molar-refractivity contribution in [3.05, 3.63) is 106 Å². The maximum absolute atomic E-state index is 15.1. The summed E-state index contributed by atoms with van der Waals surface area (Å²) in [5, 5.41) is 1.58. The lowest BCUT2D eigenvalue weighted by Gasteiger charge is -2.09. The van der Waals surface area contributed by atoms with Gasteiger partial charge in [0.2, 0.25) is 0 Å². The van der Waals surface area contributed by atoms with Crippen LogP contribution in [0.4, 0.5) is 8.78 Å². The summed E-state index contributed by atoms with van der Waals surface area (Å²) in [6.07, 6.45) is 5.40. The van der Waals surface area contributed by atoms with Gasteiger partial charge in [0.15, 0.2) is 0 Å². The van der Waals surface area contributed by atoms with Crippen LogP contribution in [0, 0.1) is 11.6 Å². The van der Waals surface area contributed by atoms with Crippen molar-refractivity contribution in [2.45, 2.75) is 39.0 Å². The summed E-state index contributed by atoms with van der Waals surface area (Å²) in [6.45, 7) is 2.76. The van der Waals surface area contributed by atoms with Gasteiger partial charge in [-0.3, -0.25) is 4.98 Å². The Morgan fingerprint density at radius 2 is 1.64 bits per heavy atom. The molecule has 0 aliphatic rings. The molecule has 0 saturated heterocycles. The lowest BCUT2D eigenvalue weighted by molar-refractivity contribution is 0.316. The van der Waals surface area contributed by atoms with Crippen molar-refractivity contribution < 1.29 is 13.5 Å². The Kier molecular flexibility index (Phi) is 7.56. The van der Waals surface area contributed by atoms with Gasteiger partial charge in [-0.15, -0.1) is 0 Å². The van der Waals surface area contributed by atoms with Crippen LogP contribution in [-0.4, -0.2) is 11.6 Å². The SMILES string of the molecule is CCCOc1ccc(CCc2ccc3c(F)c(CCc4ccc(Cl)c(F)c4)ccc3c2)nc1. The van der Waals surface area contributed by atoms with E-state index in [0.29, 0.717) is 30.4 Å². The van der Waals surface area contributed by atoms with Gasteiger partial charge in [-0.25, -0.2) is 8.78 Å². The minimum absolute atomic E-state index is 0.0974. The number of nitrogens with zero attached hydrogens (tertiary/aromatic N) is 1. The summed E-state index contributed by atoms with van der Waals surface area (Å²) in [4.78, 5) is 4.47. The molecule has 170 valence electrons. The Balaban J connectivity index is 1.41. The molecule has 0 atom stereocenters. The van der Waals surface area contributed by atoms with Gasteiger partial charge in [0.05, 0.1) is 17.8 Å². The molecule has 0 aliphatic carbocycles. The van der Waals surface area contributed by atoms with Crippen molar-refractivity contribution in [2.24, 2.45) is 0 Å². The van der Waals surface area contributed by atoms with Crippen LogP contribution in [0.15, 0.2) is 66.9 Å². The van der Waals surface area contributed by atoms with Gasteiger partial charge in [0.25, 0.3) is 0 Å². The van der Waals surface area contributed by atoms with E-state index in [1.54, 1.807) is 12.3 Å². The maximum atomic E-state index is 15.1. The average Bonchev–Trinajstić information content (AvgIpc) is 2.83. The number of halogens is 3. The van der Waals surface area contributed by atoms with E-state index in [-0.39, 0.29) is 10.8 Å². The number of aryl methyl sites for hydroxylation is 4. The normalized spacial score (nSPS) is 11.2. The minimum atomic E-state index is -0.448. The fourth-order valence-corrected chi connectivity index (χ4v) is 3.96. The molecule has 5 heteroatoms. The summed E-state index contributed by atoms with van der Waals surface area (Å²) in [5.74, 6) is 0.133. The third kappa shape index (κ3) is 5.88. The molecule has 0 bridgehead atoms. The van der Waals surface area contributed by atoms with E-state index >= 15 is 4.39 Å². The highest BCUT2D eigenvalue weighted by Crippen LogP contribution is 2.25. The number of hydrogen-bond donors (Lipinski definition) is 0. The van der Waals surface area contributed by atoms with Crippen molar-refractivity contribution in [2.75, 3.05) is 6.61 Å².